The van der Waals surface area contributed by atoms with E-state index in [0.29, 0.717) is 0 Å². The van der Waals surface area contributed by atoms with E-state index < -0.39 is 0 Å². The van der Waals surface area contributed by atoms with Crippen molar-refractivity contribution in [3.63, 3.8) is 0 Å². The Morgan fingerprint density at radius 2 is 2.18 bits per heavy atom. The molecule has 3 nitrogen and oxygen atoms in total. The van der Waals surface area contributed by atoms with E-state index in [4.69, 9.17) is 0 Å². The molecule has 0 saturated heterocycles. The second-order valence-corrected chi connectivity index (χ2v) is 4.72. The summed E-state index contributed by atoms with van der Waals surface area (Å²) < 4.78 is 2.25. The molecule has 1 aromatic heterocycles. The molecule has 0 atom stereocenters. The Morgan fingerprint density at radius 1 is 1.29 bits per heavy atom. The summed E-state index contributed by atoms with van der Waals surface area (Å²) in [6.45, 7) is 6.23. The molecule has 1 aliphatic rings. The van der Waals surface area contributed by atoms with E-state index in [1.54, 1.807) is 0 Å². The second kappa shape index (κ2) is 4.00. The van der Waals surface area contributed by atoms with Gasteiger partial charge < -0.3 is 9.88 Å². The first-order valence-corrected chi connectivity index (χ1v) is 6.09. The zero-order valence-corrected chi connectivity index (χ0v) is 10.3. The predicted molar refractivity (Wildman–Crippen MR) is 68.4 cm³/mol. The molecule has 0 amide bonds. The van der Waals surface area contributed by atoms with Crippen LogP contribution in [0.2, 0.25) is 0 Å². The molecule has 0 bridgehead atoms. The van der Waals surface area contributed by atoms with Gasteiger partial charge >= 0.3 is 0 Å². The molecule has 3 rings (SSSR count). The average Bonchev–Trinajstić information content (AvgIpc) is 2.76. The van der Waals surface area contributed by atoms with Crippen molar-refractivity contribution in [1.82, 2.24) is 14.9 Å². The summed E-state index contributed by atoms with van der Waals surface area (Å²) in [4.78, 5) is 4.50. The van der Waals surface area contributed by atoms with Gasteiger partial charge in [-0.2, -0.15) is 0 Å². The fourth-order valence-electron chi connectivity index (χ4n) is 2.42. The van der Waals surface area contributed by atoms with Gasteiger partial charge in [0.2, 0.25) is 0 Å². The maximum absolute atomic E-state index is 4.50. The van der Waals surface area contributed by atoms with Crippen molar-refractivity contribution in [3.8, 4) is 5.69 Å². The van der Waals surface area contributed by atoms with Crippen molar-refractivity contribution in [3.05, 3.63) is 47.0 Å². The Labute approximate surface area is 101 Å². The van der Waals surface area contributed by atoms with Gasteiger partial charge in [-0.1, -0.05) is 12.1 Å². The predicted octanol–water partition coefficient (Wildman–Crippen LogP) is 2.13. The SMILES string of the molecule is Cc1ccc(C)c(-n2cnc3c2CCNC3)c1. The van der Waals surface area contributed by atoms with Crippen LogP contribution >= 0.6 is 0 Å². The summed E-state index contributed by atoms with van der Waals surface area (Å²) >= 11 is 0. The van der Waals surface area contributed by atoms with Gasteiger partial charge in [-0.15, -0.1) is 0 Å². The standard InChI is InChI=1S/C14H17N3/c1-10-3-4-11(2)14(7-10)17-9-16-12-8-15-6-5-13(12)17/h3-4,7,9,15H,5-6,8H2,1-2H3. The van der Waals surface area contributed by atoms with Crippen LogP contribution in [0.15, 0.2) is 24.5 Å². The Bertz CT molecular complexity index is 555. The van der Waals surface area contributed by atoms with Crippen LogP contribution in [0.1, 0.15) is 22.5 Å². The molecule has 0 unspecified atom stereocenters. The summed E-state index contributed by atoms with van der Waals surface area (Å²) in [5.74, 6) is 0. The lowest BCUT2D eigenvalue weighted by Gasteiger charge is -2.16. The largest absolute Gasteiger partial charge is 0.311 e. The number of aryl methyl sites for hydroxylation is 2. The van der Waals surface area contributed by atoms with Gasteiger partial charge in [-0.05, 0) is 31.0 Å². The van der Waals surface area contributed by atoms with E-state index >= 15 is 0 Å². The van der Waals surface area contributed by atoms with Gasteiger partial charge in [0.15, 0.2) is 0 Å². The molecule has 88 valence electrons. The Hall–Kier alpha value is -1.61. The molecule has 2 aromatic rings. The van der Waals surface area contributed by atoms with Crippen LogP contribution in [0.3, 0.4) is 0 Å². The molecule has 3 heteroatoms. The zero-order valence-electron chi connectivity index (χ0n) is 10.3. The fourth-order valence-corrected chi connectivity index (χ4v) is 2.42. The van der Waals surface area contributed by atoms with Gasteiger partial charge in [-0.3, -0.25) is 0 Å². The first kappa shape index (κ1) is 10.5. The minimum absolute atomic E-state index is 0.896. The average molecular weight is 227 g/mol. The van der Waals surface area contributed by atoms with Gasteiger partial charge in [0.1, 0.15) is 0 Å². The third-order valence-electron chi connectivity index (χ3n) is 3.41. The summed E-state index contributed by atoms with van der Waals surface area (Å²) in [5, 5.41) is 3.36. The lowest BCUT2D eigenvalue weighted by Crippen LogP contribution is -2.24. The molecule has 0 fully saturated rings. The molecule has 1 aromatic carbocycles. The highest BCUT2D eigenvalue weighted by Gasteiger charge is 2.16. The highest BCUT2D eigenvalue weighted by atomic mass is 15.1. The zero-order chi connectivity index (χ0) is 11.8. The Balaban J connectivity index is 2.15. The van der Waals surface area contributed by atoms with Gasteiger partial charge in [0, 0.05) is 30.9 Å². The monoisotopic (exact) mass is 227 g/mol. The van der Waals surface area contributed by atoms with E-state index in [2.05, 4.69) is 46.9 Å². The number of nitrogens with zero attached hydrogens (tertiary/aromatic N) is 2. The van der Waals surface area contributed by atoms with Crippen LogP contribution in [-0.4, -0.2) is 16.1 Å². The van der Waals surface area contributed by atoms with Crippen LogP contribution in [0.5, 0.6) is 0 Å². The fraction of sp³-hybridized carbons (Fsp3) is 0.357. The quantitative estimate of drug-likeness (QED) is 0.809. The molecule has 0 aliphatic carbocycles. The van der Waals surface area contributed by atoms with Crippen molar-refractivity contribution in [2.24, 2.45) is 0 Å². The molecule has 0 radical (unpaired) electrons. The normalized spacial score (nSPS) is 14.7. The molecule has 0 spiro atoms. The number of fused-ring (bicyclic) bond motifs is 1. The van der Waals surface area contributed by atoms with E-state index in [1.165, 1.54) is 28.2 Å². The van der Waals surface area contributed by atoms with Crippen LogP contribution in [0.4, 0.5) is 0 Å². The summed E-state index contributed by atoms with van der Waals surface area (Å²) in [6, 6.07) is 6.57. The van der Waals surface area contributed by atoms with E-state index in [1.807, 2.05) is 6.33 Å². The smallest absolute Gasteiger partial charge is 0.0998 e. The molecular weight excluding hydrogens is 210 g/mol. The highest BCUT2D eigenvalue weighted by molar-refractivity contribution is 5.45. The highest BCUT2D eigenvalue weighted by Crippen LogP contribution is 2.21. The van der Waals surface area contributed by atoms with Crippen molar-refractivity contribution >= 4 is 0 Å². The number of benzene rings is 1. The van der Waals surface area contributed by atoms with Crippen LogP contribution in [0, 0.1) is 13.8 Å². The van der Waals surface area contributed by atoms with Crippen LogP contribution in [-0.2, 0) is 13.0 Å². The number of imidazole rings is 1. The van der Waals surface area contributed by atoms with Crippen molar-refractivity contribution in [2.75, 3.05) is 6.54 Å². The number of nitrogens with one attached hydrogen (secondary N) is 1. The van der Waals surface area contributed by atoms with E-state index in [9.17, 15) is 0 Å². The number of hydrogen-bond donors (Lipinski definition) is 1. The maximum atomic E-state index is 4.50. The van der Waals surface area contributed by atoms with Crippen molar-refractivity contribution < 1.29 is 0 Å². The Morgan fingerprint density at radius 3 is 3.06 bits per heavy atom. The number of aromatic nitrogens is 2. The third kappa shape index (κ3) is 1.76. The first-order chi connectivity index (χ1) is 8.25. The lowest BCUT2D eigenvalue weighted by molar-refractivity contribution is 0.620. The van der Waals surface area contributed by atoms with E-state index in [0.717, 1.165) is 19.5 Å². The summed E-state index contributed by atoms with van der Waals surface area (Å²) in [6.07, 6.45) is 3.02. The molecule has 0 saturated carbocycles. The summed E-state index contributed by atoms with van der Waals surface area (Å²) in [5.41, 5.74) is 6.41. The number of rotatable bonds is 1. The topological polar surface area (TPSA) is 29.9 Å². The molecule has 2 heterocycles. The second-order valence-electron chi connectivity index (χ2n) is 4.72. The molecule has 17 heavy (non-hydrogen) atoms. The van der Waals surface area contributed by atoms with Gasteiger partial charge in [0.25, 0.3) is 0 Å². The van der Waals surface area contributed by atoms with E-state index in [-0.39, 0.29) is 0 Å². The van der Waals surface area contributed by atoms with Crippen LogP contribution in [0.25, 0.3) is 5.69 Å². The van der Waals surface area contributed by atoms with Crippen LogP contribution < -0.4 is 5.32 Å². The molecule has 1 aliphatic heterocycles. The van der Waals surface area contributed by atoms with Crippen molar-refractivity contribution in [1.29, 1.82) is 0 Å². The lowest BCUT2D eigenvalue weighted by atomic mass is 10.1. The third-order valence-corrected chi connectivity index (χ3v) is 3.41. The molecular formula is C14H17N3. The number of hydrogen-bond acceptors (Lipinski definition) is 2. The molecule has 1 N–H and O–H groups in total. The maximum Gasteiger partial charge on any atom is 0.0998 e. The van der Waals surface area contributed by atoms with Gasteiger partial charge in [0.05, 0.1) is 12.0 Å². The Kier molecular flexibility index (Phi) is 2.48. The van der Waals surface area contributed by atoms with Gasteiger partial charge in [-0.25, -0.2) is 4.98 Å². The van der Waals surface area contributed by atoms with Crippen molar-refractivity contribution in [2.45, 2.75) is 26.8 Å². The first-order valence-electron chi connectivity index (χ1n) is 6.09. The minimum atomic E-state index is 0.896. The minimum Gasteiger partial charge on any atom is -0.311 e. The summed E-state index contributed by atoms with van der Waals surface area (Å²) in [7, 11) is 0.